The second-order valence-corrected chi connectivity index (χ2v) is 3.95. The predicted molar refractivity (Wildman–Crippen MR) is 67.2 cm³/mol. The Bertz CT molecular complexity index is 498. The summed E-state index contributed by atoms with van der Waals surface area (Å²) in [6, 6.07) is 5.18. The highest BCUT2D eigenvalue weighted by atomic mass is 16.5. The zero-order chi connectivity index (χ0) is 14.4. The van der Waals surface area contributed by atoms with E-state index in [1.807, 2.05) is 0 Å². The number of carboxylic acids is 1. The number of rotatable bonds is 6. The third-order valence-electron chi connectivity index (χ3n) is 2.46. The summed E-state index contributed by atoms with van der Waals surface area (Å²) in [6.45, 7) is 1.20. The molecular weight excluding hydrogens is 250 g/mol. The van der Waals surface area contributed by atoms with Crippen LogP contribution in [-0.2, 0) is 9.59 Å². The number of carbonyl (C=O) groups excluding carboxylic acids is 2. The maximum Gasteiger partial charge on any atom is 0.326 e. The molecule has 0 aliphatic rings. The molecule has 0 aliphatic heterocycles. The second-order valence-electron chi connectivity index (χ2n) is 3.95. The molecule has 1 aromatic carbocycles. The van der Waals surface area contributed by atoms with Gasteiger partial charge in [0.15, 0.2) is 5.78 Å². The van der Waals surface area contributed by atoms with E-state index in [2.05, 4.69) is 5.32 Å². The summed E-state index contributed by atoms with van der Waals surface area (Å²) in [7, 11) is 1.47. The zero-order valence-corrected chi connectivity index (χ0v) is 10.7. The van der Waals surface area contributed by atoms with Gasteiger partial charge in [0.2, 0.25) is 5.91 Å². The molecule has 0 unspecified atom stereocenters. The fourth-order valence-corrected chi connectivity index (χ4v) is 1.55. The van der Waals surface area contributed by atoms with Gasteiger partial charge in [0.25, 0.3) is 0 Å². The quantitative estimate of drug-likeness (QED) is 0.744. The van der Waals surface area contributed by atoms with E-state index in [4.69, 9.17) is 9.84 Å². The Balaban J connectivity index is 2.81. The van der Waals surface area contributed by atoms with E-state index in [0.717, 1.165) is 0 Å². The Hall–Kier alpha value is -2.37. The number of nitrogens with one attached hydrogen (secondary N) is 1. The Morgan fingerprint density at radius 3 is 2.58 bits per heavy atom. The number of methoxy groups -OCH3 is 1. The van der Waals surface area contributed by atoms with Crippen molar-refractivity contribution in [3.8, 4) is 5.75 Å². The van der Waals surface area contributed by atoms with E-state index in [1.54, 1.807) is 18.2 Å². The fraction of sp³-hybridized carbons (Fsp3) is 0.308. The summed E-state index contributed by atoms with van der Waals surface area (Å²) < 4.78 is 4.98. The van der Waals surface area contributed by atoms with E-state index >= 15 is 0 Å². The molecule has 19 heavy (non-hydrogen) atoms. The molecule has 6 heteroatoms. The van der Waals surface area contributed by atoms with Crippen LogP contribution >= 0.6 is 0 Å². The minimum Gasteiger partial charge on any atom is -0.497 e. The molecule has 0 spiro atoms. The molecule has 0 aromatic heterocycles. The molecule has 6 nitrogen and oxygen atoms in total. The highest BCUT2D eigenvalue weighted by Gasteiger charge is 2.22. The fourth-order valence-electron chi connectivity index (χ4n) is 1.55. The van der Waals surface area contributed by atoms with E-state index < -0.39 is 17.9 Å². The lowest BCUT2D eigenvalue weighted by molar-refractivity contribution is -0.141. The average Bonchev–Trinajstić information content (AvgIpc) is 2.37. The molecule has 0 bridgehead atoms. The maximum absolute atomic E-state index is 11.9. The summed E-state index contributed by atoms with van der Waals surface area (Å²) >= 11 is 0. The van der Waals surface area contributed by atoms with Gasteiger partial charge in [-0.25, -0.2) is 4.79 Å². The molecule has 0 fully saturated rings. The summed E-state index contributed by atoms with van der Waals surface area (Å²) in [5.74, 6) is -1.60. The summed E-state index contributed by atoms with van der Waals surface area (Å²) in [6.07, 6.45) is -0.303. The van der Waals surface area contributed by atoms with E-state index in [0.29, 0.717) is 11.3 Å². The molecule has 0 heterocycles. The van der Waals surface area contributed by atoms with Gasteiger partial charge in [-0.1, -0.05) is 12.1 Å². The van der Waals surface area contributed by atoms with Gasteiger partial charge in [0, 0.05) is 18.9 Å². The van der Waals surface area contributed by atoms with Crippen molar-refractivity contribution < 1.29 is 24.2 Å². The average molecular weight is 265 g/mol. The van der Waals surface area contributed by atoms with Gasteiger partial charge in [-0.2, -0.15) is 0 Å². The molecule has 102 valence electrons. The van der Waals surface area contributed by atoms with Gasteiger partial charge in [-0.15, -0.1) is 0 Å². The van der Waals surface area contributed by atoms with Gasteiger partial charge in [0.1, 0.15) is 11.8 Å². The lowest BCUT2D eigenvalue weighted by Crippen LogP contribution is -2.41. The van der Waals surface area contributed by atoms with E-state index in [9.17, 15) is 14.4 Å². The van der Waals surface area contributed by atoms with Gasteiger partial charge in [-0.3, -0.25) is 9.59 Å². The van der Waals surface area contributed by atoms with Crippen LogP contribution in [0.2, 0.25) is 0 Å². The first-order valence-corrected chi connectivity index (χ1v) is 5.61. The molecule has 1 amide bonds. The molecule has 0 saturated heterocycles. The van der Waals surface area contributed by atoms with Crippen LogP contribution in [0.3, 0.4) is 0 Å². The Morgan fingerprint density at radius 2 is 2.05 bits per heavy atom. The SMILES string of the molecule is COc1cccc(C(=O)C[C@H](NC(C)=O)C(=O)O)c1. The van der Waals surface area contributed by atoms with Crippen molar-refractivity contribution in [3.63, 3.8) is 0 Å². The molecule has 1 rings (SSSR count). The van der Waals surface area contributed by atoms with Crippen molar-refractivity contribution in [1.29, 1.82) is 0 Å². The minimum atomic E-state index is -1.24. The van der Waals surface area contributed by atoms with Crippen molar-refractivity contribution in [1.82, 2.24) is 5.32 Å². The van der Waals surface area contributed by atoms with Crippen LogP contribution in [0.15, 0.2) is 24.3 Å². The predicted octanol–water partition coefficient (Wildman–Crippen LogP) is 0.857. The van der Waals surface area contributed by atoms with Crippen molar-refractivity contribution in [3.05, 3.63) is 29.8 Å². The topological polar surface area (TPSA) is 92.7 Å². The maximum atomic E-state index is 11.9. The number of ketones is 1. The van der Waals surface area contributed by atoms with E-state index in [-0.39, 0.29) is 12.2 Å². The number of hydrogen-bond donors (Lipinski definition) is 2. The van der Waals surface area contributed by atoms with Crippen LogP contribution in [0.1, 0.15) is 23.7 Å². The Morgan fingerprint density at radius 1 is 1.37 bits per heavy atom. The van der Waals surface area contributed by atoms with Crippen LogP contribution < -0.4 is 10.1 Å². The lowest BCUT2D eigenvalue weighted by atomic mass is 10.0. The number of benzene rings is 1. The van der Waals surface area contributed by atoms with Crippen LogP contribution in [0.4, 0.5) is 0 Å². The van der Waals surface area contributed by atoms with Crippen molar-refractivity contribution in [2.45, 2.75) is 19.4 Å². The van der Waals surface area contributed by atoms with Crippen molar-refractivity contribution in [2.24, 2.45) is 0 Å². The number of carbonyl (C=O) groups is 3. The smallest absolute Gasteiger partial charge is 0.326 e. The third-order valence-corrected chi connectivity index (χ3v) is 2.46. The number of Topliss-reactive ketones (excluding diaryl/α,β-unsaturated/α-hetero) is 1. The summed E-state index contributed by atoms with van der Waals surface area (Å²) in [5, 5.41) is 11.1. The number of aliphatic carboxylic acids is 1. The van der Waals surface area contributed by atoms with E-state index in [1.165, 1.54) is 20.1 Å². The largest absolute Gasteiger partial charge is 0.497 e. The van der Waals surface area contributed by atoms with Crippen LogP contribution in [0, 0.1) is 0 Å². The monoisotopic (exact) mass is 265 g/mol. The van der Waals surface area contributed by atoms with Crippen LogP contribution in [0.5, 0.6) is 5.75 Å². The van der Waals surface area contributed by atoms with Crippen molar-refractivity contribution >= 4 is 17.7 Å². The third kappa shape index (κ3) is 4.42. The highest BCUT2D eigenvalue weighted by Crippen LogP contribution is 2.14. The minimum absolute atomic E-state index is 0.303. The zero-order valence-electron chi connectivity index (χ0n) is 10.7. The van der Waals surface area contributed by atoms with Gasteiger partial charge in [0.05, 0.1) is 7.11 Å². The Labute approximate surface area is 110 Å². The van der Waals surface area contributed by atoms with Gasteiger partial charge < -0.3 is 15.2 Å². The Kier molecular flexibility index (Phi) is 5.05. The number of amides is 1. The molecule has 1 atom stereocenters. The lowest BCUT2D eigenvalue weighted by Gasteiger charge is -2.12. The first-order valence-electron chi connectivity index (χ1n) is 5.61. The number of hydrogen-bond acceptors (Lipinski definition) is 4. The number of carboxylic acid groups (broad SMARTS) is 1. The molecular formula is C13H15NO5. The normalized spacial score (nSPS) is 11.5. The first kappa shape index (κ1) is 14.7. The molecule has 0 saturated carbocycles. The van der Waals surface area contributed by atoms with Crippen LogP contribution in [-0.4, -0.2) is 35.9 Å². The molecule has 1 aromatic rings. The second kappa shape index (κ2) is 6.53. The molecule has 2 N–H and O–H groups in total. The highest BCUT2D eigenvalue weighted by molar-refractivity contribution is 5.99. The van der Waals surface area contributed by atoms with Gasteiger partial charge in [-0.05, 0) is 12.1 Å². The van der Waals surface area contributed by atoms with Crippen LogP contribution in [0.25, 0.3) is 0 Å². The number of ether oxygens (including phenoxy) is 1. The summed E-state index contributed by atoms with van der Waals surface area (Å²) in [5.41, 5.74) is 0.343. The standard InChI is InChI=1S/C13H15NO5/c1-8(15)14-11(13(17)18)7-12(16)9-4-3-5-10(6-9)19-2/h3-6,11H,7H2,1-2H3,(H,14,15)(H,17,18)/t11-/m0/s1. The first-order chi connectivity index (χ1) is 8.93. The molecule has 0 radical (unpaired) electrons. The van der Waals surface area contributed by atoms with Gasteiger partial charge >= 0.3 is 5.97 Å². The van der Waals surface area contributed by atoms with Crippen molar-refractivity contribution in [2.75, 3.05) is 7.11 Å². The summed E-state index contributed by atoms with van der Waals surface area (Å²) in [4.78, 5) is 33.7. The molecule has 0 aliphatic carbocycles.